The minimum Gasteiger partial charge on any atom is -0.497 e. The third-order valence-electron chi connectivity index (χ3n) is 3.33. The molecule has 0 amide bonds. The highest BCUT2D eigenvalue weighted by molar-refractivity contribution is 5.72. The highest BCUT2D eigenvalue weighted by Gasteiger charge is 2.11. The van der Waals surface area contributed by atoms with Gasteiger partial charge in [-0.2, -0.15) is 0 Å². The fourth-order valence-corrected chi connectivity index (χ4v) is 2.15. The highest BCUT2D eigenvalue weighted by atomic mass is 16.5. The topological polar surface area (TPSA) is 74.5 Å². The molecule has 6 heteroatoms. The number of aromatic nitrogens is 2. The highest BCUT2D eigenvalue weighted by Crippen LogP contribution is 2.17. The first kappa shape index (κ1) is 15.7. The monoisotopic (exact) mass is 324 g/mol. The standard InChI is InChI=1S/C18H16N2O4/c1-22-15-9-5-6-13(10-15)11-17(21)23-12-16-19-20-18(24-16)14-7-3-2-4-8-14/h2-10H,11-12H2,1H3. The van der Waals surface area contributed by atoms with Crippen LogP contribution < -0.4 is 4.74 Å². The van der Waals surface area contributed by atoms with Crippen molar-refractivity contribution >= 4 is 5.97 Å². The van der Waals surface area contributed by atoms with Gasteiger partial charge in [-0.3, -0.25) is 4.79 Å². The molecule has 1 heterocycles. The maximum Gasteiger partial charge on any atom is 0.310 e. The summed E-state index contributed by atoms with van der Waals surface area (Å²) in [5.74, 6) is 0.981. The zero-order chi connectivity index (χ0) is 16.8. The predicted molar refractivity (Wildman–Crippen MR) is 86.2 cm³/mol. The van der Waals surface area contributed by atoms with Gasteiger partial charge < -0.3 is 13.9 Å². The summed E-state index contributed by atoms with van der Waals surface area (Å²) in [6, 6.07) is 16.7. The number of hydrogen-bond donors (Lipinski definition) is 0. The van der Waals surface area contributed by atoms with Crippen LogP contribution in [0.3, 0.4) is 0 Å². The maximum atomic E-state index is 11.9. The second-order valence-corrected chi connectivity index (χ2v) is 5.06. The molecule has 0 bridgehead atoms. The first-order chi connectivity index (χ1) is 11.7. The first-order valence-corrected chi connectivity index (χ1v) is 7.41. The van der Waals surface area contributed by atoms with Gasteiger partial charge in [0.15, 0.2) is 6.61 Å². The van der Waals surface area contributed by atoms with Crippen molar-refractivity contribution in [3.8, 4) is 17.2 Å². The molecule has 0 atom stereocenters. The summed E-state index contributed by atoms with van der Waals surface area (Å²) in [6.45, 7) is -0.0529. The van der Waals surface area contributed by atoms with E-state index in [4.69, 9.17) is 13.9 Å². The third-order valence-corrected chi connectivity index (χ3v) is 3.33. The SMILES string of the molecule is COc1cccc(CC(=O)OCc2nnc(-c3ccccc3)o2)c1. The number of benzene rings is 2. The maximum absolute atomic E-state index is 11.9. The largest absolute Gasteiger partial charge is 0.497 e. The van der Waals surface area contributed by atoms with Gasteiger partial charge >= 0.3 is 5.97 Å². The van der Waals surface area contributed by atoms with E-state index in [0.717, 1.165) is 11.1 Å². The van der Waals surface area contributed by atoms with Crippen molar-refractivity contribution in [1.29, 1.82) is 0 Å². The van der Waals surface area contributed by atoms with Crippen LogP contribution in [0.2, 0.25) is 0 Å². The van der Waals surface area contributed by atoms with Gasteiger partial charge in [0.25, 0.3) is 5.89 Å². The van der Waals surface area contributed by atoms with Crippen LogP contribution in [0.15, 0.2) is 59.0 Å². The van der Waals surface area contributed by atoms with E-state index in [2.05, 4.69) is 10.2 Å². The lowest BCUT2D eigenvalue weighted by Crippen LogP contribution is -2.08. The molecule has 0 aliphatic rings. The molecule has 2 aromatic carbocycles. The van der Waals surface area contributed by atoms with Crippen LogP contribution in [0.25, 0.3) is 11.5 Å². The Morgan fingerprint density at radius 1 is 1.08 bits per heavy atom. The minimum absolute atomic E-state index is 0.0529. The number of ether oxygens (including phenoxy) is 2. The number of nitrogens with zero attached hydrogens (tertiary/aromatic N) is 2. The molecule has 6 nitrogen and oxygen atoms in total. The van der Waals surface area contributed by atoms with Gasteiger partial charge in [-0.1, -0.05) is 30.3 Å². The average molecular weight is 324 g/mol. The van der Waals surface area contributed by atoms with E-state index in [1.54, 1.807) is 13.2 Å². The van der Waals surface area contributed by atoms with Crippen molar-refractivity contribution < 1.29 is 18.7 Å². The number of methoxy groups -OCH3 is 1. The molecule has 0 radical (unpaired) electrons. The average Bonchev–Trinajstić information content (AvgIpc) is 3.10. The van der Waals surface area contributed by atoms with Crippen molar-refractivity contribution in [2.45, 2.75) is 13.0 Å². The lowest BCUT2D eigenvalue weighted by molar-refractivity contribution is -0.144. The van der Waals surface area contributed by atoms with Gasteiger partial charge in [-0.15, -0.1) is 10.2 Å². The molecule has 24 heavy (non-hydrogen) atoms. The zero-order valence-corrected chi connectivity index (χ0v) is 13.1. The van der Waals surface area contributed by atoms with Crippen LogP contribution in [0, 0.1) is 0 Å². The fraction of sp³-hybridized carbons (Fsp3) is 0.167. The summed E-state index contributed by atoms with van der Waals surface area (Å²) in [6.07, 6.45) is 0.150. The molecular formula is C18H16N2O4. The van der Waals surface area contributed by atoms with Crippen molar-refractivity contribution in [3.05, 3.63) is 66.1 Å². The van der Waals surface area contributed by atoms with Crippen LogP contribution in [-0.4, -0.2) is 23.3 Å². The molecule has 0 aliphatic carbocycles. The predicted octanol–water partition coefficient (Wildman–Crippen LogP) is 3.03. The Kier molecular flexibility index (Phi) is 4.86. The van der Waals surface area contributed by atoms with Gasteiger partial charge in [0.05, 0.1) is 13.5 Å². The molecule has 3 rings (SSSR count). The second kappa shape index (κ2) is 7.41. The van der Waals surface area contributed by atoms with Gasteiger partial charge in [0.1, 0.15) is 5.75 Å². The number of hydrogen-bond acceptors (Lipinski definition) is 6. The Balaban J connectivity index is 1.56. The van der Waals surface area contributed by atoms with Gasteiger partial charge in [-0.05, 0) is 29.8 Å². The van der Waals surface area contributed by atoms with E-state index >= 15 is 0 Å². The molecule has 0 aliphatic heterocycles. The Labute approximate surface area is 139 Å². The summed E-state index contributed by atoms with van der Waals surface area (Å²) in [7, 11) is 1.58. The summed E-state index contributed by atoms with van der Waals surface area (Å²) >= 11 is 0. The zero-order valence-electron chi connectivity index (χ0n) is 13.1. The molecule has 1 aromatic heterocycles. The van der Waals surface area contributed by atoms with E-state index in [-0.39, 0.29) is 24.9 Å². The van der Waals surface area contributed by atoms with E-state index in [0.29, 0.717) is 11.6 Å². The molecule has 0 saturated heterocycles. The van der Waals surface area contributed by atoms with Gasteiger partial charge in [0, 0.05) is 5.56 Å². The Morgan fingerprint density at radius 3 is 2.71 bits per heavy atom. The fourth-order valence-electron chi connectivity index (χ4n) is 2.15. The number of esters is 1. The lowest BCUT2D eigenvalue weighted by Gasteiger charge is -2.04. The first-order valence-electron chi connectivity index (χ1n) is 7.41. The summed E-state index contributed by atoms with van der Waals surface area (Å²) < 4.78 is 15.8. The van der Waals surface area contributed by atoms with Crippen LogP contribution in [-0.2, 0) is 22.6 Å². The number of carbonyl (C=O) groups is 1. The quantitative estimate of drug-likeness (QED) is 0.649. The third kappa shape index (κ3) is 3.98. The van der Waals surface area contributed by atoms with Crippen LogP contribution in [0.1, 0.15) is 11.5 Å². The van der Waals surface area contributed by atoms with Crippen LogP contribution >= 0.6 is 0 Å². The molecule has 0 N–H and O–H groups in total. The van der Waals surface area contributed by atoms with E-state index < -0.39 is 0 Å². The van der Waals surface area contributed by atoms with Gasteiger partial charge in [0.2, 0.25) is 5.89 Å². The normalized spacial score (nSPS) is 10.4. The Hall–Kier alpha value is -3.15. The summed E-state index contributed by atoms with van der Waals surface area (Å²) in [4.78, 5) is 11.9. The Bertz CT molecular complexity index is 815. The van der Waals surface area contributed by atoms with Crippen molar-refractivity contribution in [1.82, 2.24) is 10.2 Å². The molecule has 3 aromatic rings. The van der Waals surface area contributed by atoms with Gasteiger partial charge in [-0.25, -0.2) is 0 Å². The van der Waals surface area contributed by atoms with Crippen molar-refractivity contribution in [2.24, 2.45) is 0 Å². The number of rotatable bonds is 6. The van der Waals surface area contributed by atoms with E-state index in [1.165, 1.54) is 0 Å². The molecule has 0 saturated carbocycles. The lowest BCUT2D eigenvalue weighted by atomic mass is 10.1. The molecular weight excluding hydrogens is 308 g/mol. The van der Waals surface area contributed by atoms with Crippen LogP contribution in [0.4, 0.5) is 0 Å². The molecule has 0 spiro atoms. The molecule has 0 unspecified atom stereocenters. The van der Waals surface area contributed by atoms with E-state index in [9.17, 15) is 4.79 Å². The van der Waals surface area contributed by atoms with Crippen molar-refractivity contribution in [3.63, 3.8) is 0 Å². The summed E-state index contributed by atoms with van der Waals surface area (Å²) in [5, 5.41) is 7.83. The van der Waals surface area contributed by atoms with Crippen LogP contribution in [0.5, 0.6) is 5.75 Å². The number of carbonyl (C=O) groups excluding carboxylic acids is 1. The molecule has 0 fully saturated rings. The smallest absolute Gasteiger partial charge is 0.310 e. The second-order valence-electron chi connectivity index (χ2n) is 5.06. The molecule has 122 valence electrons. The van der Waals surface area contributed by atoms with E-state index in [1.807, 2.05) is 48.5 Å². The Morgan fingerprint density at radius 2 is 1.92 bits per heavy atom. The summed E-state index contributed by atoms with van der Waals surface area (Å²) in [5.41, 5.74) is 1.63. The minimum atomic E-state index is -0.372. The van der Waals surface area contributed by atoms with Crippen molar-refractivity contribution in [2.75, 3.05) is 7.11 Å².